The van der Waals surface area contributed by atoms with Crippen LogP contribution in [0.5, 0.6) is 5.75 Å². The van der Waals surface area contributed by atoms with Gasteiger partial charge in [-0.05, 0) is 61.4 Å². The van der Waals surface area contributed by atoms with Crippen molar-refractivity contribution in [2.24, 2.45) is 0 Å². The number of H-pyrrole nitrogens is 1. The molecule has 11 heteroatoms. The Hall–Kier alpha value is -4.98. The number of aromatic nitrogens is 6. The smallest absolute Gasteiger partial charge is 0.332 e. The molecular formula is C27H25N7O4. The number of hydrogen-bond donors (Lipinski definition) is 1. The van der Waals surface area contributed by atoms with Gasteiger partial charge in [0.25, 0.3) is 11.4 Å². The minimum Gasteiger partial charge on any atom is -0.484 e. The average Bonchev–Trinajstić information content (AvgIpc) is 3.61. The number of aryl methyl sites for hydroxylation is 1. The minimum atomic E-state index is -0.363. The summed E-state index contributed by atoms with van der Waals surface area (Å²) in [5.41, 5.74) is 2.01. The SMILES string of the molecule is CCCn1c(=O)c2[nH]c(-c3ccc(OCc4nc(-c5ccc(C#N)cc5)no4)cc3)nc2n(CCC)c1=O. The van der Waals surface area contributed by atoms with Gasteiger partial charge in [0, 0.05) is 24.2 Å². The molecule has 3 heterocycles. The van der Waals surface area contributed by atoms with Crippen LogP contribution in [-0.2, 0) is 19.7 Å². The van der Waals surface area contributed by atoms with E-state index in [-0.39, 0.29) is 17.9 Å². The van der Waals surface area contributed by atoms with Gasteiger partial charge in [-0.1, -0.05) is 19.0 Å². The molecule has 0 fully saturated rings. The molecule has 38 heavy (non-hydrogen) atoms. The highest BCUT2D eigenvalue weighted by Gasteiger charge is 2.17. The van der Waals surface area contributed by atoms with E-state index >= 15 is 0 Å². The summed E-state index contributed by atoms with van der Waals surface area (Å²) in [5, 5.41) is 12.9. The van der Waals surface area contributed by atoms with E-state index in [0.29, 0.717) is 59.5 Å². The van der Waals surface area contributed by atoms with Crippen molar-refractivity contribution in [2.45, 2.75) is 46.4 Å². The Kier molecular flexibility index (Phi) is 6.86. The zero-order valence-electron chi connectivity index (χ0n) is 21.0. The van der Waals surface area contributed by atoms with Crippen LogP contribution in [0.25, 0.3) is 33.9 Å². The lowest BCUT2D eigenvalue weighted by Crippen LogP contribution is -2.40. The Bertz CT molecular complexity index is 1740. The second-order valence-corrected chi connectivity index (χ2v) is 8.69. The maximum absolute atomic E-state index is 13.0. The van der Waals surface area contributed by atoms with Crippen molar-refractivity contribution >= 4 is 11.2 Å². The first kappa shape index (κ1) is 24.7. The first-order chi connectivity index (χ1) is 18.5. The topological polar surface area (TPSA) is 145 Å². The van der Waals surface area contributed by atoms with Crippen LogP contribution in [-0.4, -0.2) is 29.2 Å². The van der Waals surface area contributed by atoms with Crippen molar-refractivity contribution in [2.75, 3.05) is 0 Å². The zero-order valence-corrected chi connectivity index (χ0v) is 21.0. The maximum Gasteiger partial charge on any atom is 0.332 e. The van der Waals surface area contributed by atoms with E-state index in [1.807, 2.05) is 26.0 Å². The van der Waals surface area contributed by atoms with E-state index in [1.54, 1.807) is 41.0 Å². The highest BCUT2D eigenvalue weighted by Crippen LogP contribution is 2.23. The van der Waals surface area contributed by atoms with Crippen LogP contribution in [0.1, 0.15) is 38.1 Å². The molecule has 0 saturated carbocycles. The largest absolute Gasteiger partial charge is 0.484 e. The molecule has 2 aromatic carbocycles. The molecule has 0 aliphatic carbocycles. The second-order valence-electron chi connectivity index (χ2n) is 8.69. The predicted octanol–water partition coefficient (Wildman–Crippen LogP) is 3.87. The first-order valence-electron chi connectivity index (χ1n) is 12.3. The number of nitrogens with one attached hydrogen (secondary N) is 1. The molecule has 0 atom stereocenters. The highest BCUT2D eigenvalue weighted by molar-refractivity contribution is 5.75. The summed E-state index contributed by atoms with van der Waals surface area (Å²) in [6, 6.07) is 16.1. The normalized spacial score (nSPS) is 11.1. The third-order valence-electron chi connectivity index (χ3n) is 5.99. The van der Waals surface area contributed by atoms with Crippen molar-refractivity contribution in [1.82, 2.24) is 29.2 Å². The van der Waals surface area contributed by atoms with E-state index < -0.39 is 0 Å². The average molecular weight is 512 g/mol. The van der Waals surface area contributed by atoms with Crippen LogP contribution in [0, 0.1) is 11.3 Å². The number of aromatic amines is 1. The fourth-order valence-corrected chi connectivity index (χ4v) is 4.13. The Morgan fingerprint density at radius 2 is 1.63 bits per heavy atom. The van der Waals surface area contributed by atoms with Crippen LogP contribution in [0.15, 0.2) is 62.6 Å². The van der Waals surface area contributed by atoms with Gasteiger partial charge in [-0.2, -0.15) is 10.2 Å². The highest BCUT2D eigenvalue weighted by atomic mass is 16.5. The number of nitriles is 1. The van der Waals surface area contributed by atoms with Crippen LogP contribution >= 0.6 is 0 Å². The van der Waals surface area contributed by atoms with Gasteiger partial charge in [-0.3, -0.25) is 13.9 Å². The number of benzene rings is 2. The third-order valence-corrected chi connectivity index (χ3v) is 5.99. The van der Waals surface area contributed by atoms with E-state index in [0.717, 1.165) is 17.5 Å². The quantitative estimate of drug-likeness (QED) is 0.314. The summed E-state index contributed by atoms with van der Waals surface area (Å²) in [6.07, 6.45) is 1.41. The van der Waals surface area contributed by atoms with Crippen LogP contribution in [0.4, 0.5) is 0 Å². The minimum absolute atomic E-state index is 0.0769. The number of ether oxygens (including phenoxy) is 1. The van der Waals surface area contributed by atoms with Gasteiger partial charge in [0.15, 0.2) is 12.3 Å². The van der Waals surface area contributed by atoms with E-state index in [1.165, 1.54) is 4.57 Å². The Labute approximate surface area is 217 Å². The van der Waals surface area contributed by atoms with Crippen molar-refractivity contribution in [1.29, 1.82) is 5.26 Å². The van der Waals surface area contributed by atoms with Crippen molar-refractivity contribution < 1.29 is 9.26 Å². The van der Waals surface area contributed by atoms with E-state index in [4.69, 9.17) is 14.5 Å². The van der Waals surface area contributed by atoms with E-state index in [2.05, 4.69) is 26.2 Å². The van der Waals surface area contributed by atoms with Gasteiger partial charge in [-0.15, -0.1) is 0 Å². The van der Waals surface area contributed by atoms with Crippen LogP contribution in [0.3, 0.4) is 0 Å². The molecule has 0 spiro atoms. The molecule has 0 radical (unpaired) electrons. The van der Waals surface area contributed by atoms with E-state index in [9.17, 15) is 9.59 Å². The summed E-state index contributed by atoms with van der Waals surface area (Å²) < 4.78 is 13.9. The molecular weight excluding hydrogens is 486 g/mol. The fraction of sp³-hybridized carbons (Fsp3) is 0.259. The summed E-state index contributed by atoms with van der Waals surface area (Å²) in [5.74, 6) is 1.79. The van der Waals surface area contributed by atoms with Gasteiger partial charge < -0.3 is 14.2 Å². The summed E-state index contributed by atoms with van der Waals surface area (Å²) in [4.78, 5) is 37.9. The van der Waals surface area contributed by atoms with Crippen LogP contribution < -0.4 is 16.0 Å². The van der Waals surface area contributed by atoms with Gasteiger partial charge in [0.2, 0.25) is 5.82 Å². The lowest BCUT2D eigenvalue weighted by Gasteiger charge is -2.09. The molecule has 0 aliphatic heterocycles. The number of rotatable bonds is 9. The summed E-state index contributed by atoms with van der Waals surface area (Å²) in [6.45, 7) is 4.80. The van der Waals surface area contributed by atoms with Gasteiger partial charge in [0.05, 0.1) is 11.6 Å². The molecule has 5 rings (SSSR count). The predicted molar refractivity (Wildman–Crippen MR) is 139 cm³/mol. The van der Waals surface area contributed by atoms with Crippen LogP contribution in [0.2, 0.25) is 0 Å². The molecule has 3 aromatic heterocycles. The maximum atomic E-state index is 13.0. The fourth-order valence-electron chi connectivity index (χ4n) is 4.13. The summed E-state index contributed by atoms with van der Waals surface area (Å²) in [7, 11) is 0. The molecule has 5 aromatic rings. The number of nitrogens with zero attached hydrogens (tertiary/aromatic N) is 6. The standard InChI is InChI=1S/C27H25N7O4/c1-3-13-33-25-22(26(35)34(14-4-2)27(33)36)30-23(31-25)18-9-11-20(12-10-18)37-16-21-29-24(32-38-21)19-7-5-17(15-28)6-8-19/h5-12H,3-4,13-14,16H2,1-2H3,(H,30,31). The number of hydrogen-bond acceptors (Lipinski definition) is 8. The van der Waals surface area contributed by atoms with Gasteiger partial charge in [-0.25, -0.2) is 9.78 Å². The number of fused-ring (bicyclic) bond motifs is 1. The molecule has 1 N–H and O–H groups in total. The van der Waals surface area contributed by atoms with Gasteiger partial charge >= 0.3 is 5.69 Å². The summed E-state index contributed by atoms with van der Waals surface area (Å²) >= 11 is 0. The van der Waals surface area contributed by atoms with Crippen molar-refractivity contribution in [3.05, 3.63) is 80.8 Å². The first-order valence-corrected chi connectivity index (χ1v) is 12.3. The Balaban J connectivity index is 1.34. The molecule has 192 valence electrons. The zero-order chi connectivity index (χ0) is 26.6. The second kappa shape index (κ2) is 10.6. The number of imidazole rings is 1. The molecule has 11 nitrogen and oxygen atoms in total. The lowest BCUT2D eigenvalue weighted by atomic mass is 10.1. The molecule has 0 saturated heterocycles. The monoisotopic (exact) mass is 511 g/mol. The molecule has 0 bridgehead atoms. The van der Waals surface area contributed by atoms with Crippen molar-refractivity contribution in [3.63, 3.8) is 0 Å². The van der Waals surface area contributed by atoms with Crippen molar-refractivity contribution in [3.8, 4) is 34.6 Å². The van der Waals surface area contributed by atoms with Gasteiger partial charge in [0.1, 0.15) is 17.1 Å². The molecule has 0 unspecified atom stereocenters. The third kappa shape index (κ3) is 4.71. The molecule has 0 aliphatic rings. The molecule has 0 amide bonds. The Morgan fingerprint density at radius 3 is 2.32 bits per heavy atom. The Morgan fingerprint density at radius 1 is 0.947 bits per heavy atom. The lowest BCUT2D eigenvalue weighted by molar-refractivity contribution is 0.243.